The van der Waals surface area contributed by atoms with Crippen LogP contribution in [0.15, 0.2) is 47.4 Å². The largest absolute Gasteiger partial charge is 0.490 e. The maximum absolute atomic E-state index is 13.6. The molecule has 0 amide bonds. The average Bonchev–Trinajstić information content (AvgIpc) is 3.24. The first-order valence-corrected chi connectivity index (χ1v) is 17.3. The second kappa shape index (κ2) is 13.1. The molecule has 9 nitrogen and oxygen atoms in total. The normalized spacial score (nSPS) is 15.7. The van der Waals surface area contributed by atoms with Crippen molar-refractivity contribution in [3.8, 4) is 17.6 Å². The summed E-state index contributed by atoms with van der Waals surface area (Å²) >= 11 is 0. The van der Waals surface area contributed by atoms with E-state index in [2.05, 4.69) is 22.5 Å². The number of likely N-dealkylation sites (N-methyl/N-ethyl adjacent to an activating group) is 1. The van der Waals surface area contributed by atoms with Gasteiger partial charge in [-0.15, -0.1) is 0 Å². The van der Waals surface area contributed by atoms with Gasteiger partial charge in [-0.05, 0) is 63.2 Å². The van der Waals surface area contributed by atoms with Crippen LogP contribution in [-0.4, -0.2) is 90.1 Å². The molecule has 2 aromatic carbocycles. The van der Waals surface area contributed by atoms with Crippen molar-refractivity contribution >= 4 is 42.0 Å². The molecule has 1 fully saturated rings. The van der Waals surface area contributed by atoms with Gasteiger partial charge < -0.3 is 24.8 Å². The molecule has 1 aromatic heterocycles. The molecule has 0 bridgehead atoms. The van der Waals surface area contributed by atoms with Crippen molar-refractivity contribution in [3.63, 3.8) is 0 Å². The summed E-state index contributed by atoms with van der Waals surface area (Å²) < 4.78 is 95.4. The quantitative estimate of drug-likeness (QED) is 0.320. The number of anilines is 2. The topological polar surface area (TPSA) is 110 Å². The van der Waals surface area contributed by atoms with Gasteiger partial charge in [0.1, 0.15) is 28.7 Å². The van der Waals surface area contributed by atoms with E-state index in [9.17, 15) is 30.0 Å². The third kappa shape index (κ3) is 9.04. The van der Waals surface area contributed by atoms with Gasteiger partial charge in [0.15, 0.2) is 9.84 Å². The van der Waals surface area contributed by atoms with Crippen LogP contribution in [0, 0.1) is 11.8 Å². The Labute approximate surface area is 250 Å². The molecule has 1 aliphatic rings. The Morgan fingerprint density at radius 3 is 2.47 bits per heavy atom. The van der Waals surface area contributed by atoms with Gasteiger partial charge >= 0.3 is 6.18 Å². The molecule has 4 rings (SSSR count). The zero-order valence-electron chi connectivity index (χ0n) is 24.2. The van der Waals surface area contributed by atoms with Crippen molar-refractivity contribution in [1.29, 1.82) is 0 Å². The number of alkyl halides is 3. The summed E-state index contributed by atoms with van der Waals surface area (Å²) in [5, 5.41) is 6.95. The van der Waals surface area contributed by atoms with Crippen LogP contribution in [0.25, 0.3) is 10.9 Å². The van der Waals surface area contributed by atoms with Gasteiger partial charge in [-0.1, -0.05) is 12.0 Å². The summed E-state index contributed by atoms with van der Waals surface area (Å²) in [6.45, 7) is -0.263. The Kier molecular flexibility index (Phi) is 9.88. The lowest BCUT2D eigenvalue weighted by Gasteiger charge is -2.24. The molecule has 2 N–H and O–H groups in total. The molecule has 0 saturated carbocycles. The second-order valence-corrected chi connectivity index (χ2v) is 15.1. The molecular formula is C29H35F3N4O5S2. The highest BCUT2D eigenvalue weighted by atomic mass is 32.2. The van der Waals surface area contributed by atoms with Crippen molar-refractivity contribution in [2.45, 2.75) is 36.5 Å². The number of aromatic nitrogens is 1. The van der Waals surface area contributed by atoms with Crippen molar-refractivity contribution < 1.29 is 34.7 Å². The minimum atomic E-state index is -4.48. The van der Waals surface area contributed by atoms with E-state index in [4.69, 9.17) is 4.74 Å². The van der Waals surface area contributed by atoms with Gasteiger partial charge in [-0.25, -0.2) is 16.8 Å². The van der Waals surface area contributed by atoms with Crippen LogP contribution in [0.5, 0.6) is 5.75 Å². The minimum absolute atomic E-state index is 0.0530. The fourth-order valence-corrected chi connectivity index (χ4v) is 6.86. The summed E-state index contributed by atoms with van der Waals surface area (Å²) in [4.78, 5) is 2.01. The molecule has 234 valence electrons. The van der Waals surface area contributed by atoms with Gasteiger partial charge in [0.2, 0.25) is 0 Å². The molecule has 1 saturated heterocycles. The number of nitrogens with one attached hydrogen (secondary N) is 2. The highest BCUT2D eigenvalue weighted by molar-refractivity contribution is 7.91. The molecule has 2 heterocycles. The van der Waals surface area contributed by atoms with E-state index < -0.39 is 32.4 Å². The van der Waals surface area contributed by atoms with E-state index in [1.165, 1.54) is 12.1 Å². The van der Waals surface area contributed by atoms with E-state index in [0.717, 1.165) is 10.8 Å². The second-order valence-electron chi connectivity index (χ2n) is 10.8. The first kappa shape index (κ1) is 32.5. The number of hydrogen-bond donors (Lipinski definition) is 2. The number of nitrogens with zero attached hydrogens (tertiary/aromatic N) is 2. The molecule has 0 spiro atoms. The van der Waals surface area contributed by atoms with Crippen LogP contribution < -0.4 is 15.4 Å². The Morgan fingerprint density at radius 1 is 1.09 bits per heavy atom. The Morgan fingerprint density at radius 2 is 1.81 bits per heavy atom. The maximum Gasteiger partial charge on any atom is 0.406 e. The van der Waals surface area contributed by atoms with Crippen molar-refractivity contribution in [3.05, 3.63) is 48.2 Å². The van der Waals surface area contributed by atoms with E-state index in [-0.39, 0.29) is 34.7 Å². The first-order valence-electron chi connectivity index (χ1n) is 13.6. The van der Waals surface area contributed by atoms with Crippen molar-refractivity contribution in [1.82, 2.24) is 9.47 Å². The van der Waals surface area contributed by atoms with Crippen molar-refractivity contribution in [2.75, 3.05) is 62.2 Å². The molecule has 0 unspecified atom stereocenters. The molecule has 0 radical (unpaired) electrons. The molecule has 0 aliphatic carbocycles. The standard InChI is InChI=1S/C29H35F3N4O5S2/c1-35(2)14-15-41-28-19-23(42(3,37)38)9-10-26(28)33-13-5-6-22-18-24-25(34-21-11-16-43(39,40)17-12-21)7-4-8-27(24)36(22)20-29(30,31)32/h4,7-10,18-19,21,33-34H,11-17,20H2,1-3H3. The number of fused-ring (bicyclic) bond motifs is 1. The third-order valence-corrected chi connectivity index (χ3v) is 9.78. The highest BCUT2D eigenvalue weighted by Gasteiger charge is 2.30. The molecule has 3 aromatic rings. The van der Waals surface area contributed by atoms with Crippen LogP contribution in [-0.2, 0) is 26.2 Å². The highest BCUT2D eigenvalue weighted by Crippen LogP contribution is 2.32. The number of ether oxygens (including phenoxy) is 1. The molecular weight excluding hydrogens is 605 g/mol. The summed E-state index contributed by atoms with van der Waals surface area (Å²) in [6.07, 6.45) is -2.54. The van der Waals surface area contributed by atoms with Crippen LogP contribution in [0.2, 0.25) is 0 Å². The lowest BCUT2D eigenvalue weighted by atomic mass is 10.1. The van der Waals surface area contributed by atoms with Crippen molar-refractivity contribution in [2.24, 2.45) is 0 Å². The average molecular weight is 641 g/mol. The number of halogens is 3. The molecule has 0 atom stereocenters. The zero-order chi connectivity index (χ0) is 31.4. The summed E-state index contributed by atoms with van der Waals surface area (Å²) in [5.74, 6) is 6.19. The van der Waals surface area contributed by atoms with Crippen LogP contribution in [0.3, 0.4) is 0 Å². The molecule has 43 heavy (non-hydrogen) atoms. The Bertz CT molecular complexity index is 1730. The van der Waals surface area contributed by atoms with E-state index >= 15 is 0 Å². The van der Waals surface area contributed by atoms with Crippen LogP contribution in [0.1, 0.15) is 18.5 Å². The van der Waals surface area contributed by atoms with Gasteiger partial charge in [-0.3, -0.25) is 0 Å². The van der Waals surface area contributed by atoms with E-state index in [0.29, 0.717) is 54.0 Å². The Balaban J connectivity index is 1.58. The van der Waals surface area contributed by atoms with E-state index in [1.807, 2.05) is 19.0 Å². The summed E-state index contributed by atoms with van der Waals surface area (Å²) in [7, 11) is -2.77. The predicted octanol–water partition coefficient (Wildman–Crippen LogP) is 4.00. The van der Waals surface area contributed by atoms with Gasteiger partial charge in [0.05, 0.1) is 39.8 Å². The first-order chi connectivity index (χ1) is 20.1. The number of hydrogen-bond acceptors (Lipinski definition) is 8. The molecule has 14 heteroatoms. The lowest BCUT2D eigenvalue weighted by Crippen LogP contribution is -2.32. The SMILES string of the molecule is CN(C)CCOc1cc(S(C)(=O)=O)ccc1NCC#Cc1cc2c(NC3CCS(=O)(=O)CC3)cccc2n1CC(F)(F)F. The fraction of sp³-hybridized carbons (Fsp3) is 0.448. The number of sulfone groups is 2. The third-order valence-electron chi connectivity index (χ3n) is 6.96. The van der Waals surface area contributed by atoms with Gasteiger partial charge in [-0.2, -0.15) is 13.2 Å². The number of rotatable bonds is 10. The van der Waals surface area contributed by atoms with E-state index in [1.54, 1.807) is 30.3 Å². The van der Waals surface area contributed by atoms with Gasteiger partial charge in [0.25, 0.3) is 0 Å². The molecule has 1 aliphatic heterocycles. The number of benzene rings is 2. The zero-order valence-corrected chi connectivity index (χ0v) is 25.8. The summed E-state index contributed by atoms with van der Waals surface area (Å²) in [6, 6.07) is 11.0. The smallest absolute Gasteiger partial charge is 0.406 e. The minimum Gasteiger partial charge on any atom is -0.490 e. The Hall–Kier alpha value is -3.41. The maximum atomic E-state index is 13.6. The van der Waals surface area contributed by atoms with Gasteiger partial charge in [0, 0.05) is 36.0 Å². The predicted molar refractivity (Wildman–Crippen MR) is 162 cm³/mol. The van der Waals surface area contributed by atoms with Crippen LogP contribution in [0.4, 0.5) is 24.5 Å². The monoisotopic (exact) mass is 640 g/mol. The fourth-order valence-electron chi connectivity index (χ4n) is 4.73. The lowest BCUT2D eigenvalue weighted by molar-refractivity contribution is -0.140. The van der Waals surface area contributed by atoms with Crippen LogP contribution >= 0.6 is 0 Å². The summed E-state index contributed by atoms with van der Waals surface area (Å²) in [5.41, 5.74) is 1.65.